The summed E-state index contributed by atoms with van der Waals surface area (Å²) in [4.78, 5) is 19.7. The Bertz CT molecular complexity index is 701. The van der Waals surface area contributed by atoms with E-state index in [-0.39, 0.29) is 17.8 Å². The van der Waals surface area contributed by atoms with Crippen LogP contribution in [-0.4, -0.2) is 33.7 Å². The second kappa shape index (κ2) is 15.7. The highest BCUT2D eigenvalue weighted by Crippen LogP contribution is 2.22. The van der Waals surface area contributed by atoms with Crippen LogP contribution in [0, 0.1) is 5.92 Å². The number of nitrogens with zero attached hydrogens (tertiary/aromatic N) is 3. The number of carbonyl (C=O) groups excluding carboxylic acids is 1. The second-order valence-electron chi connectivity index (χ2n) is 7.14. The molecule has 2 aromatic rings. The van der Waals surface area contributed by atoms with Crippen LogP contribution in [0.2, 0.25) is 5.28 Å². The first kappa shape index (κ1) is 26.0. The summed E-state index contributed by atoms with van der Waals surface area (Å²) in [6, 6.07) is 5.48. The molecule has 1 aliphatic rings. The molecule has 30 heavy (non-hydrogen) atoms. The molecule has 2 aromatic heterocycles. The van der Waals surface area contributed by atoms with Gasteiger partial charge in [-0.1, -0.05) is 66.2 Å². The highest BCUT2D eigenvalue weighted by molar-refractivity contribution is 6.28. The van der Waals surface area contributed by atoms with E-state index in [2.05, 4.69) is 22.2 Å². The fourth-order valence-corrected chi connectivity index (χ4v) is 3.14. The molecule has 2 heterocycles. The van der Waals surface area contributed by atoms with Crippen LogP contribution < -0.4 is 5.32 Å². The summed E-state index contributed by atoms with van der Waals surface area (Å²) in [5, 5.41) is 3.01. The predicted molar refractivity (Wildman–Crippen MR) is 124 cm³/mol. The molecule has 6 nitrogen and oxygen atoms in total. The van der Waals surface area contributed by atoms with Gasteiger partial charge in [0, 0.05) is 18.5 Å². The third kappa shape index (κ3) is 10.6. The molecule has 0 aliphatic heterocycles. The van der Waals surface area contributed by atoms with Crippen LogP contribution in [0.3, 0.4) is 0 Å². The quantitative estimate of drug-likeness (QED) is 0.314. The maximum atomic E-state index is 11.5. The molecule has 0 atom stereocenters. The van der Waals surface area contributed by atoms with Gasteiger partial charge >= 0.3 is 5.97 Å². The molecule has 1 N–H and O–H groups in total. The summed E-state index contributed by atoms with van der Waals surface area (Å²) >= 11 is 5.89. The second-order valence-corrected chi connectivity index (χ2v) is 7.48. The Morgan fingerprint density at radius 2 is 1.87 bits per heavy atom. The van der Waals surface area contributed by atoms with Crippen LogP contribution in [0.25, 0.3) is 5.82 Å². The Morgan fingerprint density at radius 3 is 2.43 bits per heavy atom. The van der Waals surface area contributed by atoms with Gasteiger partial charge in [-0.3, -0.25) is 4.79 Å². The standard InChI is InChI=1S/C14H17ClN4O2.C7H14.C2H6/c1-2-3-8-21-13(20)10-16-11-9-12(18-14(15)17-11)19-6-4-5-7-19;1-7-5-3-2-4-6-7;1-2/h4-7,9H,2-3,8,10H2,1H3,(H,16,17,18);7H,2-6H2,1H3;1-2H3. The highest BCUT2D eigenvalue weighted by Gasteiger charge is 2.07. The predicted octanol–water partition coefficient (Wildman–Crippen LogP) is 6.29. The topological polar surface area (TPSA) is 69.0 Å². The zero-order valence-electron chi connectivity index (χ0n) is 18.9. The van der Waals surface area contributed by atoms with E-state index in [0.717, 1.165) is 18.8 Å². The van der Waals surface area contributed by atoms with Gasteiger partial charge in [0.05, 0.1) is 6.61 Å². The van der Waals surface area contributed by atoms with E-state index in [1.807, 2.05) is 45.3 Å². The largest absolute Gasteiger partial charge is 0.464 e. The molecule has 0 spiro atoms. The van der Waals surface area contributed by atoms with Crippen molar-refractivity contribution in [2.45, 2.75) is 72.6 Å². The number of nitrogens with one attached hydrogen (secondary N) is 1. The van der Waals surface area contributed by atoms with E-state index in [9.17, 15) is 4.79 Å². The molecule has 0 radical (unpaired) electrons. The number of carbonyl (C=O) groups is 1. The lowest BCUT2D eigenvalue weighted by atomic mass is 9.91. The number of ether oxygens (including phenoxy) is 1. The van der Waals surface area contributed by atoms with E-state index in [4.69, 9.17) is 16.3 Å². The summed E-state index contributed by atoms with van der Waals surface area (Å²) in [5.41, 5.74) is 0. The fourth-order valence-electron chi connectivity index (χ4n) is 2.97. The van der Waals surface area contributed by atoms with Crippen molar-refractivity contribution < 1.29 is 9.53 Å². The van der Waals surface area contributed by atoms with Gasteiger partial charge in [-0.2, -0.15) is 4.98 Å². The Labute approximate surface area is 186 Å². The van der Waals surface area contributed by atoms with Gasteiger partial charge in [0.2, 0.25) is 5.28 Å². The van der Waals surface area contributed by atoms with Gasteiger partial charge in [0.15, 0.2) is 0 Å². The average molecular weight is 437 g/mol. The van der Waals surface area contributed by atoms with Crippen molar-refractivity contribution in [3.63, 3.8) is 0 Å². The molecule has 7 heteroatoms. The van der Waals surface area contributed by atoms with Crippen LogP contribution >= 0.6 is 11.6 Å². The van der Waals surface area contributed by atoms with Crippen molar-refractivity contribution in [2.24, 2.45) is 5.92 Å². The van der Waals surface area contributed by atoms with Gasteiger partial charge in [0.25, 0.3) is 0 Å². The minimum Gasteiger partial charge on any atom is -0.464 e. The molecule has 168 valence electrons. The highest BCUT2D eigenvalue weighted by atomic mass is 35.5. The average Bonchev–Trinajstić information content (AvgIpc) is 3.30. The number of aromatic nitrogens is 3. The fraction of sp³-hybridized carbons (Fsp3) is 0.609. The van der Waals surface area contributed by atoms with Crippen molar-refractivity contribution in [1.82, 2.24) is 14.5 Å². The van der Waals surface area contributed by atoms with Gasteiger partial charge in [0.1, 0.15) is 18.2 Å². The van der Waals surface area contributed by atoms with Gasteiger partial charge in [-0.15, -0.1) is 0 Å². The Kier molecular flexibility index (Phi) is 13.6. The zero-order chi connectivity index (χ0) is 22.2. The molecule has 0 aromatic carbocycles. The summed E-state index contributed by atoms with van der Waals surface area (Å²) in [6.07, 6.45) is 13.0. The van der Waals surface area contributed by atoms with Crippen molar-refractivity contribution in [3.8, 4) is 5.82 Å². The van der Waals surface area contributed by atoms with Crippen LogP contribution in [0.1, 0.15) is 72.6 Å². The normalized spacial score (nSPS) is 13.4. The number of rotatable bonds is 7. The summed E-state index contributed by atoms with van der Waals surface area (Å²) in [5.74, 6) is 1.82. The molecular formula is C23H37ClN4O2. The number of hydrogen-bond acceptors (Lipinski definition) is 5. The van der Waals surface area contributed by atoms with Crippen LogP contribution in [0.4, 0.5) is 5.82 Å². The molecular weight excluding hydrogens is 400 g/mol. The Hall–Kier alpha value is -2.08. The smallest absolute Gasteiger partial charge is 0.325 e. The zero-order valence-corrected chi connectivity index (χ0v) is 19.6. The maximum Gasteiger partial charge on any atom is 0.325 e. The van der Waals surface area contributed by atoms with Crippen LogP contribution in [0.15, 0.2) is 30.6 Å². The molecule has 0 saturated heterocycles. The van der Waals surface area contributed by atoms with E-state index in [1.54, 1.807) is 10.6 Å². The number of hydrogen-bond donors (Lipinski definition) is 1. The molecule has 0 bridgehead atoms. The maximum absolute atomic E-state index is 11.5. The van der Waals surface area contributed by atoms with Crippen molar-refractivity contribution in [1.29, 1.82) is 0 Å². The summed E-state index contributed by atoms with van der Waals surface area (Å²) in [7, 11) is 0. The first-order valence-electron chi connectivity index (χ1n) is 11.2. The lowest BCUT2D eigenvalue weighted by Crippen LogP contribution is -2.18. The van der Waals surface area contributed by atoms with Crippen LogP contribution in [0.5, 0.6) is 0 Å². The third-order valence-corrected chi connectivity index (χ3v) is 4.79. The molecule has 1 aliphatic carbocycles. The van der Waals surface area contributed by atoms with E-state index in [0.29, 0.717) is 18.2 Å². The molecule has 3 rings (SSSR count). The number of unbranched alkanes of at least 4 members (excludes halogenated alkanes) is 1. The molecule has 0 unspecified atom stereocenters. The van der Waals surface area contributed by atoms with Crippen molar-refractivity contribution >= 4 is 23.4 Å². The Morgan fingerprint density at radius 1 is 1.20 bits per heavy atom. The van der Waals surface area contributed by atoms with Gasteiger partial charge in [-0.05, 0) is 36.1 Å². The van der Waals surface area contributed by atoms with E-state index in [1.165, 1.54) is 32.1 Å². The first-order valence-corrected chi connectivity index (χ1v) is 11.5. The SMILES string of the molecule is CC.CC1CCCCC1.CCCCOC(=O)CNc1cc(-n2cccc2)nc(Cl)n1. The van der Waals surface area contributed by atoms with Crippen LogP contribution in [-0.2, 0) is 9.53 Å². The summed E-state index contributed by atoms with van der Waals surface area (Å²) < 4.78 is 6.86. The number of halogens is 1. The lowest BCUT2D eigenvalue weighted by molar-refractivity contribution is -0.141. The van der Waals surface area contributed by atoms with Crippen molar-refractivity contribution in [2.75, 3.05) is 18.5 Å². The summed E-state index contributed by atoms with van der Waals surface area (Å²) in [6.45, 7) is 8.88. The Balaban J connectivity index is 0.000000418. The van der Waals surface area contributed by atoms with Gasteiger partial charge in [-0.25, -0.2) is 4.98 Å². The lowest BCUT2D eigenvalue weighted by Gasteiger charge is -2.15. The number of esters is 1. The first-order chi connectivity index (χ1) is 14.6. The van der Waals surface area contributed by atoms with E-state index < -0.39 is 0 Å². The minimum absolute atomic E-state index is 0.0438. The van der Waals surface area contributed by atoms with Gasteiger partial charge < -0.3 is 14.6 Å². The monoisotopic (exact) mass is 436 g/mol. The number of anilines is 1. The third-order valence-electron chi connectivity index (χ3n) is 4.62. The van der Waals surface area contributed by atoms with Crippen molar-refractivity contribution in [3.05, 3.63) is 35.9 Å². The van der Waals surface area contributed by atoms with E-state index >= 15 is 0 Å². The molecule has 0 amide bonds. The molecule has 1 saturated carbocycles. The molecule has 1 fully saturated rings. The minimum atomic E-state index is -0.319.